The molecule has 10 nitrogen and oxygen atoms in total. The number of nitrogen functional groups attached to an aromatic ring is 1. The van der Waals surface area contributed by atoms with Crippen molar-refractivity contribution in [3.63, 3.8) is 0 Å². The normalized spacial score (nSPS) is 25.7. The zero-order valence-corrected chi connectivity index (χ0v) is 21.1. The molecule has 4 saturated carbocycles. The summed E-state index contributed by atoms with van der Waals surface area (Å²) in [6, 6.07) is 9.16. The van der Waals surface area contributed by atoms with Crippen molar-refractivity contribution < 1.29 is 19.1 Å². The number of nitrogens with two attached hydrogens (primary N) is 1. The highest BCUT2D eigenvalue weighted by molar-refractivity contribution is 5.97. The fourth-order valence-corrected chi connectivity index (χ4v) is 7.02. The second-order valence-corrected chi connectivity index (χ2v) is 10.9. The number of nitrogens with one attached hydrogen (secondary N) is 1. The molecule has 2 aromatic rings. The maximum Gasteiger partial charge on any atom is 0.330 e. The number of carbonyl (C=O) groups excluding carboxylic acids is 2. The monoisotopic (exact) mass is 510 g/mol. The SMILES string of the molecule is COCCN(C(=O)COC(=O)C12CC3CC(CC(C3)C1)C2)c1c(N)n(Cc2ccccc2)c(=O)[nH]c1=O. The number of benzene rings is 1. The molecule has 3 N–H and O–H groups in total. The van der Waals surface area contributed by atoms with Crippen molar-refractivity contribution in [1.82, 2.24) is 9.55 Å². The summed E-state index contributed by atoms with van der Waals surface area (Å²) < 4.78 is 12.0. The van der Waals surface area contributed by atoms with Crippen molar-refractivity contribution in [2.75, 3.05) is 37.5 Å². The number of esters is 1. The Hall–Kier alpha value is -3.40. The molecular weight excluding hydrogens is 476 g/mol. The second kappa shape index (κ2) is 10.2. The van der Waals surface area contributed by atoms with E-state index in [4.69, 9.17) is 15.2 Å². The third-order valence-electron chi connectivity index (χ3n) is 8.29. The van der Waals surface area contributed by atoms with Crippen LogP contribution >= 0.6 is 0 Å². The molecule has 0 spiro atoms. The minimum atomic E-state index is -0.788. The third kappa shape index (κ3) is 4.94. The van der Waals surface area contributed by atoms with E-state index in [9.17, 15) is 19.2 Å². The van der Waals surface area contributed by atoms with E-state index in [1.807, 2.05) is 30.3 Å². The van der Waals surface area contributed by atoms with Gasteiger partial charge in [0.25, 0.3) is 11.5 Å². The average molecular weight is 511 g/mol. The van der Waals surface area contributed by atoms with Gasteiger partial charge in [0.05, 0.1) is 18.6 Å². The zero-order valence-electron chi connectivity index (χ0n) is 21.1. The highest BCUT2D eigenvalue weighted by Gasteiger charge is 2.55. The first-order chi connectivity index (χ1) is 17.8. The van der Waals surface area contributed by atoms with Crippen LogP contribution < -0.4 is 21.9 Å². The smallest absolute Gasteiger partial charge is 0.330 e. The van der Waals surface area contributed by atoms with Crippen LogP contribution in [0, 0.1) is 23.2 Å². The molecule has 4 aliphatic rings. The molecule has 6 rings (SSSR count). The van der Waals surface area contributed by atoms with Crippen LogP contribution in [0.3, 0.4) is 0 Å². The van der Waals surface area contributed by atoms with Crippen molar-refractivity contribution in [2.45, 2.75) is 45.1 Å². The number of aromatic nitrogens is 2. The van der Waals surface area contributed by atoms with Gasteiger partial charge in [0.15, 0.2) is 12.3 Å². The molecule has 4 aliphatic carbocycles. The number of amides is 1. The highest BCUT2D eigenvalue weighted by Crippen LogP contribution is 2.60. The predicted octanol–water partition coefficient (Wildman–Crippen LogP) is 1.91. The van der Waals surface area contributed by atoms with Crippen molar-refractivity contribution in [3.8, 4) is 0 Å². The lowest BCUT2D eigenvalue weighted by Crippen LogP contribution is -2.51. The van der Waals surface area contributed by atoms with Crippen LogP contribution in [0.25, 0.3) is 0 Å². The fourth-order valence-electron chi connectivity index (χ4n) is 7.02. The molecule has 1 heterocycles. The zero-order chi connectivity index (χ0) is 26.2. The van der Waals surface area contributed by atoms with Crippen LogP contribution in [-0.4, -0.2) is 48.3 Å². The van der Waals surface area contributed by atoms with E-state index >= 15 is 0 Å². The van der Waals surface area contributed by atoms with Crippen molar-refractivity contribution in [1.29, 1.82) is 0 Å². The number of rotatable bonds is 9. The van der Waals surface area contributed by atoms with E-state index in [1.165, 1.54) is 30.9 Å². The van der Waals surface area contributed by atoms with Gasteiger partial charge in [-0.1, -0.05) is 30.3 Å². The minimum Gasteiger partial charge on any atom is -0.455 e. The molecule has 4 bridgehead atoms. The first-order valence-corrected chi connectivity index (χ1v) is 12.9. The molecule has 1 aromatic heterocycles. The molecule has 198 valence electrons. The Balaban J connectivity index is 1.36. The average Bonchev–Trinajstić information content (AvgIpc) is 2.86. The van der Waals surface area contributed by atoms with Gasteiger partial charge in [-0.15, -0.1) is 0 Å². The van der Waals surface area contributed by atoms with Crippen LogP contribution in [0.1, 0.15) is 44.1 Å². The van der Waals surface area contributed by atoms with E-state index in [0.29, 0.717) is 17.8 Å². The first kappa shape index (κ1) is 25.3. The van der Waals surface area contributed by atoms with Gasteiger partial charge in [0.1, 0.15) is 5.82 Å². The summed E-state index contributed by atoms with van der Waals surface area (Å²) >= 11 is 0. The topological polar surface area (TPSA) is 137 Å². The summed E-state index contributed by atoms with van der Waals surface area (Å²) in [6.07, 6.45) is 6.06. The Bertz CT molecular complexity index is 1250. The Kier molecular flexibility index (Phi) is 6.94. The van der Waals surface area contributed by atoms with Crippen molar-refractivity contribution in [2.24, 2.45) is 23.2 Å². The van der Waals surface area contributed by atoms with Crippen LogP contribution in [0.15, 0.2) is 39.9 Å². The molecule has 4 fully saturated rings. The first-order valence-electron chi connectivity index (χ1n) is 12.9. The quantitative estimate of drug-likeness (QED) is 0.492. The van der Waals surface area contributed by atoms with E-state index in [-0.39, 0.29) is 37.2 Å². The van der Waals surface area contributed by atoms with E-state index in [0.717, 1.165) is 29.7 Å². The Labute approximate surface area is 214 Å². The minimum absolute atomic E-state index is 0.00106. The van der Waals surface area contributed by atoms with Gasteiger partial charge >= 0.3 is 11.7 Å². The largest absolute Gasteiger partial charge is 0.455 e. The van der Waals surface area contributed by atoms with Crippen molar-refractivity contribution >= 4 is 23.4 Å². The standard InChI is InChI=1S/C27H34N4O6/c1-36-8-7-30(22-23(28)31(26(35)29-24(22)33)15-17-5-3-2-4-6-17)21(32)16-37-25(34)27-12-18-9-19(13-27)11-20(10-18)14-27/h2-6,18-20H,7-16,28H2,1H3,(H,29,33,35). The van der Waals surface area contributed by atoms with E-state index in [1.54, 1.807) is 0 Å². The summed E-state index contributed by atoms with van der Waals surface area (Å²) in [5.41, 5.74) is 4.98. The van der Waals surface area contributed by atoms with Gasteiger partial charge in [0, 0.05) is 13.7 Å². The molecule has 1 amide bonds. The maximum absolute atomic E-state index is 13.3. The molecule has 0 aliphatic heterocycles. The Morgan fingerprint density at radius 1 is 1.08 bits per heavy atom. The number of anilines is 2. The number of methoxy groups -OCH3 is 1. The molecule has 0 unspecified atom stereocenters. The predicted molar refractivity (Wildman–Crippen MR) is 137 cm³/mol. The summed E-state index contributed by atoms with van der Waals surface area (Å²) in [5.74, 6) is 0.638. The summed E-state index contributed by atoms with van der Waals surface area (Å²) in [6.45, 7) is -0.282. The molecule has 0 atom stereocenters. The number of aromatic amines is 1. The fraction of sp³-hybridized carbons (Fsp3) is 0.556. The molecule has 10 heteroatoms. The molecule has 0 radical (unpaired) electrons. The number of nitrogens with zero attached hydrogens (tertiary/aromatic N) is 2. The third-order valence-corrected chi connectivity index (χ3v) is 8.29. The molecule has 0 saturated heterocycles. The van der Waals surface area contributed by atoms with Crippen LogP contribution in [0.4, 0.5) is 11.5 Å². The van der Waals surface area contributed by atoms with Crippen molar-refractivity contribution in [3.05, 3.63) is 56.7 Å². The number of ether oxygens (including phenoxy) is 2. The number of hydrogen-bond donors (Lipinski definition) is 2. The number of H-pyrrole nitrogens is 1. The Morgan fingerprint density at radius 3 is 2.30 bits per heavy atom. The number of carbonyl (C=O) groups is 2. The van der Waals surface area contributed by atoms with Gasteiger partial charge < -0.3 is 15.2 Å². The lowest BCUT2D eigenvalue weighted by Gasteiger charge is -2.55. The van der Waals surface area contributed by atoms with Gasteiger partial charge in [-0.2, -0.15) is 0 Å². The lowest BCUT2D eigenvalue weighted by molar-refractivity contribution is -0.172. The summed E-state index contributed by atoms with van der Waals surface area (Å²) in [7, 11) is 1.47. The number of hydrogen-bond acceptors (Lipinski definition) is 7. The van der Waals surface area contributed by atoms with Gasteiger partial charge in [-0.25, -0.2) is 4.79 Å². The van der Waals surface area contributed by atoms with E-state index in [2.05, 4.69) is 4.98 Å². The van der Waals surface area contributed by atoms with Gasteiger partial charge in [-0.05, 0) is 61.8 Å². The van der Waals surface area contributed by atoms with Gasteiger partial charge in [-0.3, -0.25) is 28.8 Å². The highest BCUT2D eigenvalue weighted by atomic mass is 16.5. The van der Waals surface area contributed by atoms with Gasteiger partial charge in [0.2, 0.25) is 0 Å². The Morgan fingerprint density at radius 2 is 1.70 bits per heavy atom. The molecular formula is C27H34N4O6. The molecule has 1 aromatic carbocycles. The molecule has 37 heavy (non-hydrogen) atoms. The van der Waals surface area contributed by atoms with Crippen LogP contribution in [0.2, 0.25) is 0 Å². The summed E-state index contributed by atoms with van der Waals surface area (Å²) in [5, 5.41) is 0. The van der Waals surface area contributed by atoms with Crippen LogP contribution in [0.5, 0.6) is 0 Å². The van der Waals surface area contributed by atoms with Crippen LogP contribution in [-0.2, 0) is 25.6 Å². The maximum atomic E-state index is 13.3. The lowest BCUT2D eigenvalue weighted by atomic mass is 9.49. The summed E-state index contributed by atoms with van der Waals surface area (Å²) in [4.78, 5) is 55.4. The second-order valence-electron chi connectivity index (χ2n) is 10.9. The van der Waals surface area contributed by atoms with E-state index < -0.39 is 29.2 Å².